The normalized spacial score (nSPS) is 12.3. The first kappa shape index (κ1) is 41.4. The van der Waals surface area contributed by atoms with Gasteiger partial charge in [0.05, 0.1) is 7.92 Å². The standard InChI is InChI=1S/C27H25NP.C4H8O.2C4H11Si.Sc/c1-21-12-11-13-22(2)27(21)28-20-23-14-9-10-19-26(23)29(24-15-5-3-6-16-24)25-17-7-4-8-18-25;1-2-4-5-3-1;2*1-5(2,3)4;/h3-19H,20H2,1-2H3;1-4H2;2*1H2,2-4H3;/q-1;;2*-1;+3/p+1. The Labute approximate surface area is 298 Å². The molecule has 0 unspecified atom stereocenters. The van der Waals surface area contributed by atoms with Crippen LogP contribution in [-0.4, -0.2) is 29.4 Å². The Bertz CT molecular complexity index is 1260. The van der Waals surface area contributed by atoms with Gasteiger partial charge in [0, 0.05) is 13.2 Å². The summed E-state index contributed by atoms with van der Waals surface area (Å²) in [6.07, 6.45) is 2.56. The monoisotopic (exact) mass is 686 g/mol. The van der Waals surface area contributed by atoms with Crippen LogP contribution in [0.2, 0.25) is 39.3 Å². The van der Waals surface area contributed by atoms with Crippen LogP contribution in [0.15, 0.2) is 103 Å². The molecule has 0 amide bonds. The van der Waals surface area contributed by atoms with Crippen LogP contribution in [-0.2, 0) is 37.1 Å². The van der Waals surface area contributed by atoms with Crippen molar-refractivity contribution in [2.24, 2.45) is 0 Å². The van der Waals surface area contributed by atoms with Gasteiger partial charge in [-0.3, -0.25) is 0 Å². The van der Waals surface area contributed by atoms with Gasteiger partial charge < -0.3 is 23.1 Å². The van der Waals surface area contributed by atoms with E-state index in [9.17, 15) is 0 Å². The maximum Gasteiger partial charge on any atom is 3.00 e. The Hall–Kier alpha value is -1.63. The Morgan fingerprint density at radius 3 is 1.42 bits per heavy atom. The molecule has 0 bridgehead atoms. The number of para-hydroxylation sites is 1. The van der Waals surface area contributed by atoms with Gasteiger partial charge in [-0.1, -0.05) is 123 Å². The number of hydrogen-bond donors (Lipinski definition) is 0. The molecule has 1 aliphatic rings. The number of benzene rings is 4. The van der Waals surface area contributed by atoms with E-state index in [0.29, 0.717) is 6.54 Å². The van der Waals surface area contributed by atoms with Crippen LogP contribution in [0.4, 0.5) is 5.69 Å². The summed E-state index contributed by atoms with van der Waals surface area (Å²) in [6.45, 7) is 28.1. The Morgan fingerprint density at radius 1 is 0.622 bits per heavy atom. The van der Waals surface area contributed by atoms with Crippen LogP contribution in [0.3, 0.4) is 0 Å². The average Bonchev–Trinajstić information content (AvgIpc) is 3.54. The van der Waals surface area contributed by atoms with Crippen LogP contribution in [0.1, 0.15) is 29.5 Å². The zero-order chi connectivity index (χ0) is 32.6. The van der Waals surface area contributed by atoms with E-state index in [4.69, 9.17) is 10.1 Å². The quantitative estimate of drug-likeness (QED) is 0.113. The molecule has 4 aromatic rings. The van der Waals surface area contributed by atoms with Crippen molar-refractivity contribution in [3.63, 3.8) is 0 Å². The Kier molecular flexibility index (Phi) is 19.6. The molecule has 0 aromatic heterocycles. The fourth-order valence-electron chi connectivity index (χ4n) is 4.32. The predicted molar refractivity (Wildman–Crippen MR) is 207 cm³/mol. The number of ether oxygens (including phenoxy) is 1. The molecule has 2 nitrogen and oxygen atoms in total. The summed E-state index contributed by atoms with van der Waals surface area (Å²) >= 11 is 0. The smallest absolute Gasteiger partial charge is 0.680 e. The third-order valence-corrected chi connectivity index (χ3v) is 8.93. The molecule has 0 atom stereocenters. The van der Waals surface area contributed by atoms with Crippen molar-refractivity contribution in [1.29, 1.82) is 0 Å². The van der Waals surface area contributed by atoms with E-state index in [1.807, 2.05) is 0 Å². The molecule has 45 heavy (non-hydrogen) atoms. The summed E-state index contributed by atoms with van der Waals surface area (Å²) in [4.78, 5) is 0. The van der Waals surface area contributed by atoms with Gasteiger partial charge in [0.15, 0.2) is 0 Å². The molecule has 238 valence electrons. The van der Waals surface area contributed by atoms with Gasteiger partial charge in [0.25, 0.3) is 0 Å². The third kappa shape index (κ3) is 18.3. The van der Waals surface area contributed by atoms with E-state index in [2.05, 4.69) is 169 Å². The van der Waals surface area contributed by atoms with Crippen molar-refractivity contribution >= 4 is 45.7 Å². The fraction of sp³-hybridized carbons (Fsp3) is 0.333. The number of hydrogen-bond acceptors (Lipinski definition) is 1. The topological polar surface area (TPSA) is 23.3 Å². The maximum absolute atomic E-state index is 5.02. The largest absolute Gasteiger partial charge is 3.00 e. The SMILES string of the molecule is C1CCOC1.Cc1cccc(C)c1[N-]Cc1ccccc1[PH+](c1ccccc1)c1ccccc1.[CH2-][Si](C)(C)C.[CH2-][Si](C)(C)C.[Sc+3]. The van der Waals surface area contributed by atoms with Crippen molar-refractivity contribution < 1.29 is 30.6 Å². The van der Waals surface area contributed by atoms with Gasteiger partial charge in [-0.05, 0) is 62.6 Å². The van der Waals surface area contributed by atoms with Crippen molar-refractivity contribution in [3.05, 3.63) is 138 Å². The van der Waals surface area contributed by atoms with E-state index in [-0.39, 0.29) is 25.8 Å². The molecule has 0 aliphatic carbocycles. The number of nitrogens with zero attached hydrogens (tertiary/aromatic N) is 1. The molecule has 1 fully saturated rings. The van der Waals surface area contributed by atoms with Crippen molar-refractivity contribution in [2.75, 3.05) is 13.2 Å². The van der Waals surface area contributed by atoms with Crippen LogP contribution in [0, 0.1) is 26.9 Å². The molecule has 1 aliphatic heterocycles. The van der Waals surface area contributed by atoms with Crippen LogP contribution < -0.4 is 15.9 Å². The molecule has 0 N–H and O–H groups in total. The van der Waals surface area contributed by atoms with Gasteiger partial charge in [0.2, 0.25) is 0 Å². The van der Waals surface area contributed by atoms with E-state index < -0.39 is 24.1 Å². The first-order chi connectivity index (χ1) is 20.7. The first-order valence-electron chi connectivity index (χ1n) is 15.8. The van der Waals surface area contributed by atoms with E-state index in [0.717, 1.165) is 18.9 Å². The van der Waals surface area contributed by atoms with Crippen molar-refractivity contribution in [1.82, 2.24) is 0 Å². The molecular weight excluding hydrogens is 631 g/mol. The average molecular weight is 687 g/mol. The minimum atomic E-state index is -1.09. The van der Waals surface area contributed by atoms with E-state index in [1.54, 1.807) is 0 Å². The molecule has 0 spiro atoms. The Balaban J connectivity index is 0.000000523. The number of aryl methyl sites for hydroxylation is 2. The van der Waals surface area contributed by atoms with Crippen molar-refractivity contribution in [3.8, 4) is 0 Å². The van der Waals surface area contributed by atoms with E-state index >= 15 is 0 Å². The molecule has 5 rings (SSSR count). The summed E-state index contributed by atoms with van der Waals surface area (Å²) in [6, 6.07) is 37.0. The zero-order valence-electron chi connectivity index (χ0n) is 29.2. The molecule has 1 heterocycles. The summed E-state index contributed by atoms with van der Waals surface area (Å²) in [5, 5.41) is 9.25. The van der Waals surface area contributed by atoms with E-state index in [1.165, 1.54) is 45.4 Å². The van der Waals surface area contributed by atoms with Crippen LogP contribution >= 0.6 is 7.92 Å². The molecule has 6 heteroatoms. The van der Waals surface area contributed by atoms with Crippen LogP contribution in [0.5, 0.6) is 0 Å². The summed E-state index contributed by atoms with van der Waals surface area (Å²) < 4.78 is 4.94. The second kappa shape index (κ2) is 21.3. The molecule has 0 radical (unpaired) electrons. The van der Waals surface area contributed by atoms with Gasteiger partial charge in [0.1, 0.15) is 15.9 Å². The maximum atomic E-state index is 5.02. The summed E-state index contributed by atoms with van der Waals surface area (Å²) in [7, 11) is -2.81. The van der Waals surface area contributed by atoms with Gasteiger partial charge in [-0.25, -0.2) is 0 Å². The third-order valence-electron chi connectivity index (χ3n) is 6.09. The number of rotatable bonds is 6. The fourth-order valence-corrected chi connectivity index (χ4v) is 7.07. The van der Waals surface area contributed by atoms with Crippen molar-refractivity contribution in [2.45, 2.75) is 72.5 Å². The zero-order valence-corrected chi connectivity index (χ0v) is 34.0. The molecule has 0 saturated carbocycles. The van der Waals surface area contributed by atoms with Crippen LogP contribution in [0.25, 0.3) is 5.32 Å². The molecule has 4 aromatic carbocycles. The van der Waals surface area contributed by atoms with Gasteiger partial charge in [-0.2, -0.15) is 0 Å². The minimum Gasteiger partial charge on any atom is -0.680 e. The Morgan fingerprint density at radius 2 is 1.02 bits per heavy atom. The summed E-state index contributed by atoms with van der Waals surface area (Å²) in [5.41, 5.74) is 4.91. The minimum absolute atomic E-state index is 0. The second-order valence-electron chi connectivity index (χ2n) is 13.8. The van der Waals surface area contributed by atoms with Gasteiger partial charge in [-0.15, -0.1) is 28.4 Å². The summed E-state index contributed by atoms with van der Waals surface area (Å²) in [5.74, 6) is 0. The molecular formula is C39H56NOPScSi2+. The predicted octanol–water partition coefficient (Wildman–Crippen LogP) is 10.2. The molecule has 1 saturated heterocycles. The van der Waals surface area contributed by atoms with Gasteiger partial charge >= 0.3 is 25.8 Å². The second-order valence-corrected chi connectivity index (χ2v) is 26.4. The first-order valence-corrected chi connectivity index (χ1v) is 24.7.